The Hall–Kier alpha value is -0.750. The van der Waals surface area contributed by atoms with Crippen LogP contribution in [0.4, 0.5) is 8.78 Å². The van der Waals surface area contributed by atoms with Gasteiger partial charge in [0.05, 0.1) is 0 Å². The molecular formula is C12H21F2N3O. The van der Waals surface area contributed by atoms with Gasteiger partial charge in [0.1, 0.15) is 0 Å². The zero-order chi connectivity index (χ0) is 13.2. The highest BCUT2D eigenvalue weighted by molar-refractivity contribution is 5.77. The smallest absolute Gasteiger partial charge is 0.251 e. The number of nitrogens with zero attached hydrogens (tertiary/aromatic N) is 2. The summed E-state index contributed by atoms with van der Waals surface area (Å²) in [5.41, 5.74) is 0. The molecule has 2 fully saturated rings. The zero-order valence-corrected chi connectivity index (χ0v) is 10.8. The Morgan fingerprint density at radius 3 is 2.61 bits per heavy atom. The molecule has 2 aliphatic rings. The molecule has 0 aromatic carbocycles. The summed E-state index contributed by atoms with van der Waals surface area (Å²) in [6.45, 7) is 3.09. The summed E-state index contributed by atoms with van der Waals surface area (Å²) in [5, 5.41) is 3.30. The van der Waals surface area contributed by atoms with Crippen LogP contribution in [0.5, 0.6) is 0 Å². The Morgan fingerprint density at radius 2 is 2.00 bits per heavy atom. The van der Waals surface area contributed by atoms with Crippen molar-refractivity contribution in [3.63, 3.8) is 0 Å². The van der Waals surface area contributed by atoms with Crippen LogP contribution in [0.3, 0.4) is 0 Å². The van der Waals surface area contributed by atoms with E-state index in [0.29, 0.717) is 6.42 Å². The van der Waals surface area contributed by atoms with Crippen LogP contribution in [-0.2, 0) is 4.79 Å². The number of hydrogen-bond acceptors (Lipinski definition) is 3. The van der Waals surface area contributed by atoms with Crippen LogP contribution in [0.25, 0.3) is 0 Å². The van der Waals surface area contributed by atoms with E-state index < -0.39 is 5.92 Å². The molecule has 2 saturated heterocycles. The molecule has 18 heavy (non-hydrogen) atoms. The van der Waals surface area contributed by atoms with Crippen molar-refractivity contribution in [2.24, 2.45) is 0 Å². The molecule has 0 radical (unpaired) electrons. The molecule has 4 nitrogen and oxygen atoms in total. The molecule has 6 heteroatoms. The predicted octanol–water partition coefficient (Wildman–Crippen LogP) is 0.538. The summed E-state index contributed by atoms with van der Waals surface area (Å²) in [7, 11) is 2.03. The minimum Gasteiger partial charge on any atom is -0.342 e. The first-order valence-corrected chi connectivity index (χ1v) is 6.54. The number of amides is 1. The number of hydrogen-bond donors (Lipinski definition) is 1. The molecule has 0 aliphatic carbocycles. The molecule has 0 saturated carbocycles. The average Bonchev–Trinajstić information content (AvgIpc) is 2.28. The molecule has 0 bridgehead atoms. The third kappa shape index (κ3) is 3.62. The number of likely N-dealkylation sites (N-methyl/N-ethyl adjacent to an activating group) is 1. The number of alkyl halides is 2. The molecule has 1 amide bonds. The Bertz CT molecular complexity index is 302. The molecule has 1 atom stereocenters. The maximum absolute atomic E-state index is 13.0. The predicted molar refractivity (Wildman–Crippen MR) is 64.7 cm³/mol. The summed E-state index contributed by atoms with van der Waals surface area (Å²) in [6, 6.07) is 0.152. The van der Waals surface area contributed by atoms with Crippen molar-refractivity contribution < 1.29 is 13.6 Å². The van der Waals surface area contributed by atoms with E-state index in [2.05, 4.69) is 10.2 Å². The lowest BCUT2D eigenvalue weighted by Gasteiger charge is -2.35. The Labute approximate surface area is 106 Å². The molecule has 0 aromatic heterocycles. The highest BCUT2D eigenvalue weighted by Gasteiger charge is 2.36. The topological polar surface area (TPSA) is 35.6 Å². The van der Waals surface area contributed by atoms with Gasteiger partial charge >= 0.3 is 0 Å². The number of likely N-dealkylation sites (tertiary alicyclic amines) is 1. The second kappa shape index (κ2) is 5.48. The van der Waals surface area contributed by atoms with Crippen LogP contribution < -0.4 is 5.32 Å². The molecule has 0 spiro atoms. The summed E-state index contributed by atoms with van der Waals surface area (Å²) in [5.74, 6) is -2.58. The minimum atomic E-state index is -2.58. The molecule has 2 aliphatic heterocycles. The molecule has 2 rings (SSSR count). The van der Waals surface area contributed by atoms with Crippen LogP contribution in [0.2, 0.25) is 0 Å². The van der Waals surface area contributed by atoms with Gasteiger partial charge in [0.25, 0.3) is 5.92 Å². The Kier molecular flexibility index (Phi) is 4.17. The second-order valence-electron chi connectivity index (χ2n) is 5.35. The van der Waals surface area contributed by atoms with Crippen molar-refractivity contribution in [2.75, 3.05) is 39.8 Å². The van der Waals surface area contributed by atoms with Crippen molar-refractivity contribution in [2.45, 2.75) is 31.2 Å². The maximum Gasteiger partial charge on any atom is 0.251 e. The molecular weight excluding hydrogens is 240 g/mol. The lowest BCUT2D eigenvalue weighted by molar-refractivity contribution is -0.138. The van der Waals surface area contributed by atoms with Crippen LogP contribution in [-0.4, -0.2) is 67.4 Å². The highest BCUT2D eigenvalue weighted by atomic mass is 19.3. The molecule has 104 valence electrons. The number of piperidine rings is 1. The number of halogens is 2. The van der Waals surface area contributed by atoms with E-state index in [1.165, 1.54) is 0 Å². The maximum atomic E-state index is 13.0. The van der Waals surface area contributed by atoms with Gasteiger partial charge in [-0.2, -0.15) is 0 Å². The van der Waals surface area contributed by atoms with Crippen molar-refractivity contribution in [1.82, 2.24) is 15.1 Å². The molecule has 0 aromatic rings. The quantitative estimate of drug-likeness (QED) is 0.788. The van der Waals surface area contributed by atoms with Crippen molar-refractivity contribution >= 4 is 5.91 Å². The normalized spacial score (nSPS) is 29.3. The standard InChI is InChI=1S/C12H21F2N3O/c1-16-7-4-15-10(9-16)8-11(18)17-5-2-12(13,14)3-6-17/h10,15H,2-9H2,1H3. The fraction of sp³-hybridized carbons (Fsp3) is 0.917. The largest absolute Gasteiger partial charge is 0.342 e. The van der Waals surface area contributed by atoms with Gasteiger partial charge in [-0.25, -0.2) is 8.78 Å². The van der Waals surface area contributed by atoms with Gasteiger partial charge in [-0.15, -0.1) is 0 Å². The van der Waals surface area contributed by atoms with E-state index in [1.807, 2.05) is 7.05 Å². The fourth-order valence-electron chi connectivity index (χ4n) is 2.55. The minimum absolute atomic E-state index is 0.00157. The summed E-state index contributed by atoms with van der Waals surface area (Å²) >= 11 is 0. The van der Waals surface area contributed by atoms with Crippen molar-refractivity contribution in [1.29, 1.82) is 0 Å². The van der Waals surface area contributed by atoms with Gasteiger partial charge in [-0.3, -0.25) is 4.79 Å². The van der Waals surface area contributed by atoms with Gasteiger partial charge < -0.3 is 15.1 Å². The van der Waals surface area contributed by atoms with Gasteiger partial charge in [-0.1, -0.05) is 0 Å². The third-order valence-electron chi connectivity index (χ3n) is 3.73. The third-order valence-corrected chi connectivity index (χ3v) is 3.73. The Morgan fingerprint density at radius 1 is 1.33 bits per heavy atom. The van der Waals surface area contributed by atoms with Crippen LogP contribution in [0.1, 0.15) is 19.3 Å². The lowest BCUT2D eigenvalue weighted by Crippen LogP contribution is -2.52. The van der Waals surface area contributed by atoms with Gasteiger partial charge in [0, 0.05) is 58.0 Å². The average molecular weight is 261 g/mol. The number of nitrogens with one attached hydrogen (secondary N) is 1. The first-order chi connectivity index (χ1) is 8.46. The van der Waals surface area contributed by atoms with Crippen LogP contribution in [0, 0.1) is 0 Å². The van der Waals surface area contributed by atoms with Crippen LogP contribution in [0.15, 0.2) is 0 Å². The van der Waals surface area contributed by atoms with Gasteiger partial charge in [0.15, 0.2) is 0 Å². The van der Waals surface area contributed by atoms with E-state index in [0.717, 1.165) is 19.6 Å². The number of piperazine rings is 1. The van der Waals surface area contributed by atoms with Crippen molar-refractivity contribution in [3.05, 3.63) is 0 Å². The first kappa shape index (κ1) is 13.7. The molecule has 1 unspecified atom stereocenters. The summed E-state index contributed by atoms with van der Waals surface area (Å²) in [6.07, 6.45) is 0.0172. The summed E-state index contributed by atoms with van der Waals surface area (Å²) < 4.78 is 26.0. The van der Waals surface area contributed by atoms with E-state index in [4.69, 9.17) is 0 Å². The fourth-order valence-corrected chi connectivity index (χ4v) is 2.55. The number of rotatable bonds is 2. The first-order valence-electron chi connectivity index (χ1n) is 6.54. The van der Waals surface area contributed by atoms with E-state index in [-0.39, 0.29) is 37.9 Å². The monoisotopic (exact) mass is 261 g/mol. The zero-order valence-electron chi connectivity index (χ0n) is 10.8. The van der Waals surface area contributed by atoms with E-state index >= 15 is 0 Å². The Balaban J connectivity index is 1.78. The van der Waals surface area contributed by atoms with E-state index in [1.54, 1.807) is 4.90 Å². The summed E-state index contributed by atoms with van der Waals surface area (Å²) in [4.78, 5) is 15.8. The highest BCUT2D eigenvalue weighted by Crippen LogP contribution is 2.27. The van der Waals surface area contributed by atoms with Crippen molar-refractivity contribution in [3.8, 4) is 0 Å². The van der Waals surface area contributed by atoms with Gasteiger partial charge in [0.2, 0.25) is 5.91 Å². The van der Waals surface area contributed by atoms with E-state index in [9.17, 15) is 13.6 Å². The number of carbonyl (C=O) groups is 1. The molecule has 1 N–H and O–H groups in total. The van der Waals surface area contributed by atoms with Crippen LogP contribution >= 0.6 is 0 Å². The lowest BCUT2D eigenvalue weighted by atomic mass is 10.0. The SMILES string of the molecule is CN1CCNC(CC(=O)N2CCC(F)(F)CC2)C1. The molecule has 2 heterocycles. The second-order valence-corrected chi connectivity index (χ2v) is 5.35. The number of carbonyl (C=O) groups excluding carboxylic acids is 1. The van der Waals surface area contributed by atoms with Gasteiger partial charge in [-0.05, 0) is 7.05 Å².